The molecule has 0 aromatic rings. The van der Waals surface area contributed by atoms with Crippen molar-refractivity contribution in [3.63, 3.8) is 0 Å². The average Bonchev–Trinajstić information content (AvgIpc) is 2.74. The summed E-state index contributed by atoms with van der Waals surface area (Å²) >= 11 is 0. The molecule has 8 heteroatoms. The Morgan fingerprint density at radius 3 is 1.70 bits per heavy atom. The fourth-order valence-corrected chi connectivity index (χ4v) is 6.43. The summed E-state index contributed by atoms with van der Waals surface area (Å²) in [4.78, 5) is 0. The number of hydrogen-bond donors (Lipinski definition) is 0. The fourth-order valence-electron chi connectivity index (χ4n) is 3.20. The molecule has 0 amide bonds. The van der Waals surface area contributed by atoms with E-state index >= 15 is 0 Å². The van der Waals surface area contributed by atoms with Crippen LogP contribution in [0, 0.1) is 0 Å². The summed E-state index contributed by atoms with van der Waals surface area (Å²) < 4.78 is 43.4. The van der Waals surface area contributed by atoms with Crippen molar-refractivity contribution in [1.29, 1.82) is 0 Å². The number of rotatable bonds is 19. The number of hydrogen-bond acceptors (Lipinski definition) is 7. The molecule has 0 radical (unpaired) electrons. The molecule has 0 N–H and O–H groups in total. The van der Waals surface area contributed by atoms with E-state index in [0.29, 0.717) is 32.7 Å². The topological polar surface area (TPSA) is 64.6 Å². The first-order chi connectivity index (χ1) is 14.5. The molecule has 0 spiro atoms. The molecule has 2 unspecified atom stereocenters. The van der Waals surface area contributed by atoms with Crippen molar-refractivity contribution in [1.82, 2.24) is 0 Å². The largest absolute Gasteiger partial charge is 0.531 e. The molecular formula is C22H46O7Si. The molecule has 0 saturated carbocycles. The Bertz CT molecular complexity index is 410. The minimum absolute atomic E-state index is 0.212. The van der Waals surface area contributed by atoms with Crippen LogP contribution in [-0.2, 0) is 32.2 Å². The maximum atomic E-state index is 6.50. The van der Waals surface area contributed by atoms with Crippen LogP contribution in [0.3, 0.4) is 0 Å². The van der Waals surface area contributed by atoms with Crippen LogP contribution in [-0.4, -0.2) is 52.9 Å². The van der Waals surface area contributed by atoms with Gasteiger partial charge in [0.1, 0.15) is 5.73 Å². The van der Waals surface area contributed by atoms with Crippen LogP contribution < -0.4 is 0 Å². The zero-order valence-corrected chi connectivity index (χ0v) is 21.4. The van der Waals surface area contributed by atoms with Crippen molar-refractivity contribution in [3.8, 4) is 0 Å². The highest BCUT2D eigenvalue weighted by atomic mass is 28.4. The summed E-state index contributed by atoms with van der Waals surface area (Å²) in [6, 6.07) is 0. The second-order valence-electron chi connectivity index (χ2n) is 7.63. The molecular weight excluding hydrogens is 404 g/mol. The summed E-state index contributed by atoms with van der Waals surface area (Å²) in [5.41, 5.74) is -0.298. The van der Waals surface area contributed by atoms with Crippen molar-refractivity contribution in [3.05, 3.63) is 0 Å². The molecule has 7 nitrogen and oxygen atoms in total. The minimum atomic E-state index is -3.07. The molecule has 30 heavy (non-hydrogen) atoms. The van der Waals surface area contributed by atoms with Gasteiger partial charge in [-0.1, -0.05) is 54.9 Å². The highest BCUT2D eigenvalue weighted by Gasteiger charge is 2.53. The Balaban J connectivity index is 3.01. The Labute approximate surface area is 185 Å². The van der Waals surface area contributed by atoms with Gasteiger partial charge in [-0.05, 0) is 38.5 Å². The van der Waals surface area contributed by atoms with Crippen LogP contribution in [0.4, 0.5) is 0 Å². The third-order valence-corrected chi connectivity index (χ3v) is 7.85. The highest BCUT2D eigenvalue weighted by molar-refractivity contribution is 6.62. The van der Waals surface area contributed by atoms with Gasteiger partial charge in [-0.25, -0.2) is 0 Å². The highest BCUT2D eigenvalue weighted by Crippen LogP contribution is 2.37. The summed E-state index contributed by atoms with van der Waals surface area (Å²) in [5, 5.41) is 0. The normalized spacial score (nSPS) is 23.9. The molecule has 1 aliphatic rings. The maximum absolute atomic E-state index is 6.50. The second kappa shape index (κ2) is 14.9. The third kappa shape index (κ3) is 8.13. The standard InChI is InChI=1S/C22H46O7Si/c1-8-15-21(30(23-16-9-2,24-17-10-3)25-18-11-4)26-19(12-5)27-22(14-7)28-20(13-6)29-22/h19-21H,8-18H2,1-7H3. The molecule has 1 fully saturated rings. The molecule has 0 bridgehead atoms. The zero-order chi connectivity index (χ0) is 22.5. The monoisotopic (exact) mass is 450 g/mol. The molecule has 180 valence electrons. The van der Waals surface area contributed by atoms with Crippen LogP contribution in [0.15, 0.2) is 0 Å². The van der Waals surface area contributed by atoms with Gasteiger partial charge in [0.2, 0.25) is 0 Å². The first-order valence-electron chi connectivity index (χ1n) is 12.1. The lowest BCUT2D eigenvalue weighted by Crippen LogP contribution is -2.60. The summed E-state index contributed by atoms with van der Waals surface area (Å²) in [6.07, 6.45) is 5.73. The van der Waals surface area contributed by atoms with Gasteiger partial charge in [-0.15, -0.1) is 0 Å². The van der Waals surface area contributed by atoms with Gasteiger partial charge in [-0.3, -0.25) is 14.2 Å². The third-order valence-electron chi connectivity index (χ3n) is 4.82. The molecule has 0 aromatic carbocycles. The van der Waals surface area contributed by atoms with E-state index in [-0.39, 0.29) is 12.0 Å². The predicted octanol–water partition coefficient (Wildman–Crippen LogP) is 5.53. The Kier molecular flexibility index (Phi) is 13.9. The van der Waals surface area contributed by atoms with Gasteiger partial charge in [-0.2, -0.15) is 0 Å². The summed E-state index contributed by atoms with van der Waals surface area (Å²) in [7, 11) is -3.07. The molecule has 1 aliphatic heterocycles. The van der Waals surface area contributed by atoms with Crippen molar-refractivity contribution in [2.45, 2.75) is 124 Å². The fraction of sp³-hybridized carbons (Fsp3) is 1.00. The van der Waals surface area contributed by atoms with E-state index in [0.717, 1.165) is 38.5 Å². The summed E-state index contributed by atoms with van der Waals surface area (Å²) in [6.45, 7) is 16.2. The Morgan fingerprint density at radius 1 is 0.800 bits per heavy atom. The molecule has 1 rings (SSSR count). The first kappa shape index (κ1) is 28.0. The summed E-state index contributed by atoms with van der Waals surface area (Å²) in [5.74, 6) is -1.03. The van der Waals surface area contributed by atoms with E-state index in [1.165, 1.54) is 0 Å². The van der Waals surface area contributed by atoms with E-state index in [2.05, 4.69) is 27.7 Å². The van der Waals surface area contributed by atoms with Gasteiger partial charge in [0, 0.05) is 26.2 Å². The van der Waals surface area contributed by atoms with Gasteiger partial charge < -0.3 is 18.0 Å². The second-order valence-corrected chi connectivity index (χ2v) is 10.3. The van der Waals surface area contributed by atoms with Crippen LogP contribution in [0.25, 0.3) is 0 Å². The van der Waals surface area contributed by atoms with Gasteiger partial charge in [0.25, 0.3) is 5.97 Å². The van der Waals surface area contributed by atoms with Crippen molar-refractivity contribution < 1.29 is 32.2 Å². The average molecular weight is 451 g/mol. The lowest BCUT2D eigenvalue weighted by Gasteiger charge is -2.47. The minimum Gasteiger partial charge on any atom is -0.372 e. The molecule has 1 saturated heterocycles. The zero-order valence-electron chi connectivity index (χ0n) is 20.4. The van der Waals surface area contributed by atoms with Crippen LogP contribution in [0.1, 0.15) is 99.8 Å². The molecule has 2 atom stereocenters. The van der Waals surface area contributed by atoms with E-state index in [4.69, 9.17) is 32.2 Å². The van der Waals surface area contributed by atoms with Crippen molar-refractivity contribution >= 4 is 8.80 Å². The quantitative estimate of drug-likeness (QED) is 0.189. The van der Waals surface area contributed by atoms with Crippen molar-refractivity contribution in [2.24, 2.45) is 0 Å². The number of ether oxygens (including phenoxy) is 4. The van der Waals surface area contributed by atoms with Crippen LogP contribution in [0.5, 0.6) is 0 Å². The molecule has 1 heterocycles. The smallest absolute Gasteiger partial charge is 0.372 e. The van der Waals surface area contributed by atoms with Gasteiger partial charge >= 0.3 is 8.80 Å². The SMILES string of the molecule is CCCO[Si](OCCC)(OCCC)C(CCC)OC(CC)OC1(CC)OC(CC)O1. The Hall–Kier alpha value is -0.0631. The van der Waals surface area contributed by atoms with E-state index in [9.17, 15) is 0 Å². The van der Waals surface area contributed by atoms with E-state index in [1.54, 1.807) is 0 Å². The van der Waals surface area contributed by atoms with Crippen LogP contribution in [0.2, 0.25) is 0 Å². The lowest BCUT2D eigenvalue weighted by molar-refractivity contribution is -0.559. The van der Waals surface area contributed by atoms with Gasteiger partial charge in [0.15, 0.2) is 12.6 Å². The lowest BCUT2D eigenvalue weighted by atomic mass is 10.3. The first-order valence-corrected chi connectivity index (χ1v) is 13.9. The van der Waals surface area contributed by atoms with Crippen LogP contribution >= 0.6 is 0 Å². The van der Waals surface area contributed by atoms with Crippen molar-refractivity contribution in [2.75, 3.05) is 19.8 Å². The predicted molar refractivity (Wildman–Crippen MR) is 119 cm³/mol. The van der Waals surface area contributed by atoms with E-state index < -0.39 is 21.1 Å². The molecule has 0 aliphatic carbocycles. The molecule has 0 aromatic heterocycles. The van der Waals surface area contributed by atoms with E-state index in [1.807, 2.05) is 20.8 Å². The Morgan fingerprint density at radius 2 is 1.33 bits per heavy atom. The maximum Gasteiger partial charge on any atom is 0.531 e. The van der Waals surface area contributed by atoms with Gasteiger partial charge in [0.05, 0.1) is 0 Å².